The van der Waals surface area contributed by atoms with Crippen molar-refractivity contribution >= 4 is 0 Å². The van der Waals surface area contributed by atoms with Gasteiger partial charge in [-0.3, -0.25) is 9.69 Å². The fraction of sp³-hybridized carbons (Fsp3) is 0.688. The van der Waals surface area contributed by atoms with Crippen molar-refractivity contribution in [3.8, 4) is 5.75 Å². The Bertz CT molecular complexity index is 514. The van der Waals surface area contributed by atoms with Crippen LogP contribution in [0, 0.1) is 0 Å². The average molecular weight is 312 g/mol. The average Bonchev–Trinajstić information content (AvgIpc) is 2.50. The summed E-state index contributed by atoms with van der Waals surface area (Å²) < 4.78 is 1.83. The van der Waals surface area contributed by atoms with Gasteiger partial charge in [0.05, 0.1) is 18.9 Å². The predicted molar refractivity (Wildman–Crippen MR) is 85.9 cm³/mol. The van der Waals surface area contributed by atoms with E-state index in [1.165, 1.54) is 6.07 Å². The topological polar surface area (TPSA) is 85.9 Å². The molecule has 1 aromatic rings. The molecule has 0 radical (unpaired) electrons. The van der Waals surface area contributed by atoms with Gasteiger partial charge in [-0.25, -0.2) is 0 Å². The fourth-order valence-electron chi connectivity index (χ4n) is 2.51. The highest BCUT2D eigenvalue weighted by Crippen LogP contribution is 2.18. The first-order valence-electron chi connectivity index (χ1n) is 7.89. The van der Waals surface area contributed by atoms with E-state index in [0.717, 1.165) is 25.7 Å². The summed E-state index contributed by atoms with van der Waals surface area (Å²) in [5, 5.41) is 28.6. The molecule has 0 aromatic carbocycles. The van der Waals surface area contributed by atoms with Gasteiger partial charge in [-0.15, -0.1) is 0 Å². The number of nitrogens with zero attached hydrogens (tertiary/aromatic N) is 2. The third-order valence-electron chi connectivity index (χ3n) is 3.78. The van der Waals surface area contributed by atoms with Gasteiger partial charge in [0.25, 0.3) is 0 Å². The molecule has 22 heavy (non-hydrogen) atoms. The SMILES string of the molecule is CCCCCCn1c(CO)cc(=O)c(O)c1CN(C)CCO. The summed E-state index contributed by atoms with van der Waals surface area (Å²) in [4.78, 5) is 13.7. The van der Waals surface area contributed by atoms with Gasteiger partial charge in [-0.1, -0.05) is 26.2 Å². The molecule has 126 valence electrons. The highest BCUT2D eigenvalue weighted by Gasteiger charge is 2.16. The molecule has 1 rings (SSSR count). The van der Waals surface area contributed by atoms with Crippen molar-refractivity contribution < 1.29 is 15.3 Å². The summed E-state index contributed by atoms with van der Waals surface area (Å²) in [7, 11) is 1.81. The van der Waals surface area contributed by atoms with Crippen LogP contribution in [-0.4, -0.2) is 45.0 Å². The molecule has 6 nitrogen and oxygen atoms in total. The summed E-state index contributed by atoms with van der Waals surface area (Å²) in [5.74, 6) is -0.266. The Hall–Kier alpha value is -1.37. The lowest BCUT2D eigenvalue weighted by Gasteiger charge is -2.22. The number of aliphatic hydroxyl groups is 2. The van der Waals surface area contributed by atoms with Crippen LogP contribution in [0.1, 0.15) is 44.0 Å². The minimum Gasteiger partial charge on any atom is -0.503 e. The van der Waals surface area contributed by atoms with Crippen LogP contribution in [0.5, 0.6) is 5.75 Å². The molecule has 0 atom stereocenters. The van der Waals surface area contributed by atoms with E-state index in [4.69, 9.17) is 5.11 Å². The van der Waals surface area contributed by atoms with Gasteiger partial charge in [0.15, 0.2) is 5.75 Å². The molecule has 0 saturated carbocycles. The first kappa shape index (κ1) is 18.7. The van der Waals surface area contributed by atoms with Crippen molar-refractivity contribution in [1.82, 2.24) is 9.47 Å². The highest BCUT2D eigenvalue weighted by atomic mass is 16.3. The minimum absolute atomic E-state index is 0.0116. The van der Waals surface area contributed by atoms with Crippen LogP contribution >= 0.6 is 0 Å². The lowest BCUT2D eigenvalue weighted by molar-refractivity contribution is 0.210. The molecule has 0 fully saturated rings. The van der Waals surface area contributed by atoms with Crippen molar-refractivity contribution in [1.29, 1.82) is 0 Å². The summed E-state index contributed by atoms with van der Waals surface area (Å²) in [6.45, 7) is 3.37. The van der Waals surface area contributed by atoms with Gasteiger partial charge < -0.3 is 19.9 Å². The third-order valence-corrected chi connectivity index (χ3v) is 3.78. The second kappa shape index (κ2) is 9.61. The van der Waals surface area contributed by atoms with E-state index in [1.807, 2.05) is 16.5 Å². The van der Waals surface area contributed by atoms with E-state index < -0.39 is 5.43 Å². The molecule has 0 aliphatic rings. The third kappa shape index (κ3) is 5.12. The summed E-state index contributed by atoms with van der Waals surface area (Å²) in [6, 6.07) is 1.30. The number of rotatable bonds is 10. The van der Waals surface area contributed by atoms with E-state index in [-0.39, 0.29) is 19.0 Å². The van der Waals surface area contributed by atoms with Gasteiger partial charge in [-0.05, 0) is 13.5 Å². The number of hydrogen-bond donors (Lipinski definition) is 3. The first-order chi connectivity index (χ1) is 10.5. The monoisotopic (exact) mass is 312 g/mol. The molecule has 0 aliphatic carbocycles. The Balaban J connectivity index is 3.07. The van der Waals surface area contributed by atoms with Gasteiger partial charge in [-0.2, -0.15) is 0 Å². The Kier molecular flexibility index (Phi) is 8.16. The minimum atomic E-state index is -0.471. The molecule has 0 bridgehead atoms. The molecule has 0 amide bonds. The Morgan fingerprint density at radius 2 is 1.95 bits per heavy atom. The van der Waals surface area contributed by atoms with E-state index in [1.54, 1.807) is 0 Å². The Morgan fingerprint density at radius 1 is 1.23 bits per heavy atom. The van der Waals surface area contributed by atoms with Gasteiger partial charge in [0.1, 0.15) is 0 Å². The first-order valence-corrected chi connectivity index (χ1v) is 7.89. The second-order valence-electron chi connectivity index (χ2n) is 5.63. The zero-order valence-electron chi connectivity index (χ0n) is 13.6. The van der Waals surface area contributed by atoms with E-state index >= 15 is 0 Å². The number of hydrogen-bond acceptors (Lipinski definition) is 5. The maximum absolute atomic E-state index is 11.8. The summed E-state index contributed by atoms with van der Waals surface area (Å²) in [5.41, 5.74) is 0.553. The van der Waals surface area contributed by atoms with Crippen molar-refractivity contribution in [2.24, 2.45) is 0 Å². The van der Waals surface area contributed by atoms with Gasteiger partial charge in [0.2, 0.25) is 5.43 Å². The van der Waals surface area contributed by atoms with Crippen LogP contribution < -0.4 is 5.43 Å². The zero-order chi connectivity index (χ0) is 16.5. The molecule has 0 aliphatic heterocycles. The summed E-state index contributed by atoms with van der Waals surface area (Å²) in [6.07, 6.45) is 4.27. The van der Waals surface area contributed by atoms with Crippen LogP contribution in [0.4, 0.5) is 0 Å². The largest absolute Gasteiger partial charge is 0.503 e. The predicted octanol–water partition coefficient (Wildman–Crippen LogP) is 1.05. The quantitative estimate of drug-likeness (QED) is 0.562. The zero-order valence-corrected chi connectivity index (χ0v) is 13.6. The fourth-order valence-corrected chi connectivity index (χ4v) is 2.51. The standard InChI is InChI=1S/C16H28N2O4/c1-3-4-5-6-7-18-13(12-20)10-15(21)16(22)14(18)11-17(2)8-9-19/h10,19-20,22H,3-9,11-12H2,1-2H3. The molecular formula is C16H28N2O4. The van der Waals surface area contributed by atoms with Crippen molar-refractivity contribution in [3.05, 3.63) is 27.7 Å². The maximum atomic E-state index is 11.8. The van der Waals surface area contributed by atoms with Crippen LogP contribution in [-0.2, 0) is 19.7 Å². The number of likely N-dealkylation sites (N-methyl/N-ethyl adjacent to an activating group) is 1. The molecule has 0 saturated heterocycles. The van der Waals surface area contributed by atoms with Crippen molar-refractivity contribution in [3.63, 3.8) is 0 Å². The molecule has 3 N–H and O–H groups in total. The van der Waals surface area contributed by atoms with Crippen molar-refractivity contribution in [2.75, 3.05) is 20.2 Å². The smallest absolute Gasteiger partial charge is 0.223 e. The molecule has 6 heteroatoms. The Labute approximate surface area is 131 Å². The van der Waals surface area contributed by atoms with E-state index in [2.05, 4.69) is 6.92 Å². The lowest BCUT2D eigenvalue weighted by Crippen LogP contribution is -2.27. The van der Waals surface area contributed by atoms with Crippen molar-refractivity contribution in [2.45, 2.75) is 52.3 Å². The molecule has 0 spiro atoms. The van der Waals surface area contributed by atoms with E-state index in [0.29, 0.717) is 31.0 Å². The van der Waals surface area contributed by atoms with Crippen LogP contribution in [0.15, 0.2) is 10.9 Å². The van der Waals surface area contributed by atoms with Crippen LogP contribution in [0.3, 0.4) is 0 Å². The number of aromatic nitrogens is 1. The summed E-state index contributed by atoms with van der Waals surface area (Å²) >= 11 is 0. The second-order valence-corrected chi connectivity index (χ2v) is 5.63. The number of unbranched alkanes of at least 4 members (excludes halogenated alkanes) is 3. The van der Waals surface area contributed by atoms with Crippen LogP contribution in [0.25, 0.3) is 0 Å². The normalized spacial score (nSPS) is 11.3. The highest BCUT2D eigenvalue weighted by molar-refractivity contribution is 5.30. The number of aromatic hydroxyl groups is 1. The Morgan fingerprint density at radius 3 is 2.55 bits per heavy atom. The van der Waals surface area contributed by atoms with Crippen LogP contribution in [0.2, 0.25) is 0 Å². The molecule has 1 aromatic heterocycles. The van der Waals surface area contributed by atoms with Gasteiger partial charge >= 0.3 is 0 Å². The molecule has 0 unspecified atom stereocenters. The lowest BCUT2D eigenvalue weighted by atomic mass is 10.1. The van der Waals surface area contributed by atoms with E-state index in [9.17, 15) is 15.0 Å². The maximum Gasteiger partial charge on any atom is 0.223 e. The molecule has 1 heterocycles. The van der Waals surface area contributed by atoms with Gasteiger partial charge in [0, 0.05) is 31.4 Å². The molecular weight excluding hydrogens is 284 g/mol. The number of pyridine rings is 1. The number of aliphatic hydroxyl groups excluding tert-OH is 2.